The van der Waals surface area contributed by atoms with E-state index in [1.54, 1.807) is 6.92 Å². The van der Waals surface area contributed by atoms with Crippen molar-refractivity contribution in [1.29, 1.82) is 0 Å². The maximum absolute atomic E-state index is 11.1. The van der Waals surface area contributed by atoms with Crippen LogP contribution in [0.4, 0.5) is 5.82 Å². The van der Waals surface area contributed by atoms with Gasteiger partial charge in [0, 0.05) is 19.2 Å². The second-order valence-electron chi connectivity index (χ2n) is 3.73. The predicted molar refractivity (Wildman–Crippen MR) is 57.1 cm³/mol. The van der Waals surface area contributed by atoms with Crippen molar-refractivity contribution in [2.24, 2.45) is 0 Å². The first kappa shape index (κ1) is 10.2. The lowest BCUT2D eigenvalue weighted by Crippen LogP contribution is -2.20. The number of anilines is 1. The van der Waals surface area contributed by atoms with E-state index < -0.39 is 0 Å². The van der Waals surface area contributed by atoms with E-state index in [0.717, 1.165) is 26.0 Å². The number of aromatic amines is 1. The predicted octanol–water partition coefficient (Wildman–Crippen LogP) is 0.669. The maximum Gasteiger partial charge on any atom is 0.252 e. The second-order valence-corrected chi connectivity index (χ2v) is 3.73. The highest BCUT2D eigenvalue weighted by Crippen LogP contribution is 2.12. The fraction of sp³-hybridized carbons (Fsp3) is 0.600. The van der Waals surface area contributed by atoms with Crippen LogP contribution in [0.3, 0.4) is 0 Å². The van der Waals surface area contributed by atoms with Crippen LogP contribution >= 0.6 is 0 Å². The van der Waals surface area contributed by atoms with E-state index in [1.165, 1.54) is 6.07 Å². The molecule has 0 aromatic carbocycles. The fourth-order valence-corrected chi connectivity index (χ4v) is 1.69. The Kier molecular flexibility index (Phi) is 3.01. The number of nitrogens with zero attached hydrogens (tertiary/aromatic N) is 1. The summed E-state index contributed by atoms with van der Waals surface area (Å²) in [6.07, 6.45) is 2.45. The molecule has 0 radical (unpaired) electrons. The molecule has 1 aromatic heterocycles. The Morgan fingerprint density at radius 3 is 3.27 bits per heavy atom. The summed E-state index contributed by atoms with van der Waals surface area (Å²) in [5.41, 5.74) is -0.127. The molecule has 1 unspecified atom stereocenters. The first-order valence-corrected chi connectivity index (χ1v) is 5.17. The zero-order valence-corrected chi connectivity index (χ0v) is 8.75. The van der Waals surface area contributed by atoms with Crippen LogP contribution in [0, 0.1) is 6.92 Å². The minimum Gasteiger partial charge on any atom is -0.376 e. The van der Waals surface area contributed by atoms with E-state index in [2.05, 4.69) is 15.3 Å². The molecule has 1 atom stereocenters. The molecule has 1 aliphatic heterocycles. The molecule has 0 amide bonds. The van der Waals surface area contributed by atoms with Crippen molar-refractivity contribution in [1.82, 2.24) is 9.97 Å². The van der Waals surface area contributed by atoms with E-state index in [4.69, 9.17) is 4.74 Å². The van der Waals surface area contributed by atoms with Gasteiger partial charge in [-0.15, -0.1) is 0 Å². The number of H-pyrrole nitrogens is 1. The topological polar surface area (TPSA) is 67.0 Å². The third-order valence-corrected chi connectivity index (χ3v) is 2.39. The standard InChI is InChI=1S/C10H15N3O2/c1-7-12-9(5-10(14)13-7)11-6-8-3-2-4-15-8/h5,8H,2-4,6H2,1H3,(H2,11,12,13,14). The maximum atomic E-state index is 11.1. The van der Waals surface area contributed by atoms with Gasteiger partial charge in [-0.1, -0.05) is 0 Å². The van der Waals surface area contributed by atoms with Crippen molar-refractivity contribution in [2.45, 2.75) is 25.9 Å². The molecule has 1 saturated heterocycles. The minimum absolute atomic E-state index is 0.127. The Labute approximate surface area is 87.9 Å². The Morgan fingerprint density at radius 1 is 1.73 bits per heavy atom. The van der Waals surface area contributed by atoms with Gasteiger partial charge in [-0.05, 0) is 19.8 Å². The van der Waals surface area contributed by atoms with Crippen LogP contribution in [0.2, 0.25) is 0 Å². The molecule has 5 heteroatoms. The SMILES string of the molecule is Cc1nc(NCC2CCCO2)cc(=O)[nH]1. The monoisotopic (exact) mass is 209 g/mol. The van der Waals surface area contributed by atoms with Gasteiger partial charge in [0.05, 0.1) is 6.10 Å². The summed E-state index contributed by atoms with van der Waals surface area (Å²) in [5, 5.41) is 3.11. The molecule has 2 N–H and O–H groups in total. The van der Waals surface area contributed by atoms with Crippen LogP contribution < -0.4 is 10.9 Å². The van der Waals surface area contributed by atoms with E-state index in [-0.39, 0.29) is 11.7 Å². The van der Waals surface area contributed by atoms with E-state index in [1.807, 2.05) is 0 Å². The molecule has 0 bridgehead atoms. The van der Waals surface area contributed by atoms with Crippen molar-refractivity contribution >= 4 is 5.82 Å². The van der Waals surface area contributed by atoms with Crippen LogP contribution in [0.1, 0.15) is 18.7 Å². The highest BCUT2D eigenvalue weighted by atomic mass is 16.5. The van der Waals surface area contributed by atoms with Gasteiger partial charge in [-0.25, -0.2) is 4.98 Å². The smallest absolute Gasteiger partial charge is 0.252 e. The van der Waals surface area contributed by atoms with Crippen molar-refractivity contribution < 1.29 is 4.74 Å². The summed E-state index contributed by atoms with van der Waals surface area (Å²) in [6.45, 7) is 3.32. The number of aromatic nitrogens is 2. The zero-order chi connectivity index (χ0) is 10.7. The molecule has 82 valence electrons. The van der Waals surface area contributed by atoms with Crippen molar-refractivity contribution in [2.75, 3.05) is 18.5 Å². The van der Waals surface area contributed by atoms with Crippen LogP contribution in [-0.4, -0.2) is 29.2 Å². The van der Waals surface area contributed by atoms with Gasteiger partial charge in [-0.2, -0.15) is 0 Å². The van der Waals surface area contributed by atoms with Crippen molar-refractivity contribution in [3.63, 3.8) is 0 Å². The van der Waals surface area contributed by atoms with Crippen molar-refractivity contribution in [3.05, 3.63) is 22.2 Å². The van der Waals surface area contributed by atoms with Crippen LogP contribution in [0.25, 0.3) is 0 Å². The average Bonchev–Trinajstić information content (AvgIpc) is 2.65. The molecule has 15 heavy (non-hydrogen) atoms. The summed E-state index contributed by atoms with van der Waals surface area (Å²) in [6, 6.07) is 1.46. The minimum atomic E-state index is -0.127. The molecular formula is C10H15N3O2. The van der Waals surface area contributed by atoms with Gasteiger partial charge in [-0.3, -0.25) is 4.79 Å². The lowest BCUT2D eigenvalue weighted by molar-refractivity contribution is 0.120. The Balaban J connectivity index is 1.95. The summed E-state index contributed by atoms with van der Waals surface area (Å²) in [7, 11) is 0. The number of aryl methyl sites for hydroxylation is 1. The molecule has 1 aromatic rings. The summed E-state index contributed by atoms with van der Waals surface area (Å²) < 4.78 is 5.46. The number of rotatable bonds is 3. The molecular weight excluding hydrogens is 194 g/mol. The van der Waals surface area contributed by atoms with E-state index in [0.29, 0.717) is 11.6 Å². The first-order valence-electron chi connectivity index (χ1n) is 5.17. The van der Waals surface area contributed by atoms with Crippen molar-refractivity contribution in [3.8, 4) is 0 Å². The molecule has 0 spiro atoms. The summed E-state index contributed by atoms with van der Waals surface area (Å²) >= 11 is 0. The highest BCUT2D eigenvalue weighted by molar-refractivity contribution is 5.32. The average molecular weight is 209 g/mol. The molecule has 2 heterocycles. The Bertz CT molecular complexity index is 382. The van der Waals surface area contributed by atoms with Gasteiger partial charge < -0.3 is 15.0 Å². The number of nitrogens with one attached hydrogen (secondary N) is 2. The second kappa shape index (κ2) is 4.44. The Morgan fingerprint density at radius 2 is 2.60 bits per heavy atom. The van der Waals surface area contributed by atoms with Gasteiger partial charge in [0.15, 0.2) is 0 Å². The Hall–Kier alpha value is -1.36. The quantitative estimate of drug-likeness (QED) is 0.767. The zero-order valence-electron chi connectivity index (χ0n) is 8.75. The van der Waals surface area contributed by atoms with Crippen LogP contribution in [-0.2, 0) is 4.74 Å². The highest BCUT2D eigenvalue weighted by Gasteiger charge is 2.14. The molecule has 2 rings (SSSR count). The summed E-state index contributed by atoms with van der Waals surface area (Å²) in [5.74, 6) is 1.24. The molecule has 1 aliphatic rings. The van der Waals surface area contributed by atoms with Gasteiger partial charge in [0.2, 0.25) is 0 Å². The van der Waals surface area contributed by atoms with E-state index in [9.17, 15) is 4.79 Å². The third kappa shape index (κ3) is 2.79. The number of hydrogen-bond donors (Lipinski definition) is 2. The summed E-state index contributed by atoms with van der Waals surface area (Å²) in [4.78, 5) is 17.9. The molecule has 0 saturated carbocycles. The lowest BCUT2D eigenvalue weighted by atomic mass is 10.2. The van der Waals surface area contributed by atoms with Crippen LogP contribution in [0.5, 0.6) is 0 Å². The first-order chi connectivity index (χ1) is 7.24. The largest absolute Gasteiger partial charge is 0.376 e. The number of ether oxygens (including phenoxy) is 1. The third-order valence-electron chi connectivity index (χ3n) is 2.39. The molecule has 5 nitrogen and oxygen atoms in total. The van der Waals surface area contributed by atoms with Gasteiger partial charge in [0.1, 0.15) is 11.6 Å². The normalized spacial score (nSPS) is 20.5. The van der Waals surface area contributed by atoms with Gasteiger partial charge in [0.25, 0.3) is 5.56 Å². The van der Waals surface area contributed by atoms with E-state index >= 15 is 0 Å². The molecule has 1 fully saturated rings. The number of hydrogen-bond acceptors (Lipinski definition) is 4. The molecule has 0 aliphatic carbocycles. The fourth-order valence-electron chi connectivity index (χ4n) is 1.69. The van der Waals surface area contributed by atoms with Crippen LogP contribution in [0.15, 0.2) is 10.9 Å². The van der Waals surface area contributed by atoms with Gasteiger partial charge >= 0.3 is 0 Å². The lowest BCUT2D eigenvalue weighted by Gasteiger charge is -2.10.